The molecule has 1 aromatic heterocycles. The lowest BCUT2D eigenvalue weighted by Crippen LogP contribution is -1.98. The van der Waals surface area contributed by atoms with Crippen LogP contribution in [0.2, 0.25) is 5.02 Å². The van der Waals surface area contributed by atoms with Crippen molar-refractivity contribution < 1.29 is 4.39 Å². The molecule has 2 aromatic rings. The topological polar surface area (TPSA) is 43.8 Å². The summed E-state index contributed by atoms with van der Waals surface area (Å²) in [6.45, 7) is 2.16. The summed E-state index contributed by atoms with van der Waals surface area (Å²) < 4.78 is 14.8. The third-order valence-corrected chi connectivity index (χ3v) is 3.69. The van der Waals surface area contributed by atoms with Crippen LogP contribution in [-0.4, -0.2) is 9.78 Å². The molecule has 0 aliphatic rings. The highest BCUT2D eigenvalue weighted by Gasteiger charge is 2.18. The lowest BCUT2D eigenvalue weighted by Gasteiger charge is -2.06. The first-order chi connectivity index (χ1) is 9.54. The average molecular weight is 296 g/mol. The van der Waals surface area contributed by atoms with Crippen LogP contribution < -0.4 is 5.73 Å². The monoisotopic (exact) mass is 295 g/mol. The second kappa shape index (κ2) is 6.27. The van der Waals surface area contributed by atoms with Gasteiger partial charge in [-0.25, -0.2) is 4.39 Å². The molecule has 2 N–H and O–H groups in total. The van der Waals surface area contributed by atoms with E-state index in [4.69, 9.17) is 17.3 Å². The van der Waals surface area contributed by atoms with Crippen molar-refractivity contribution in [2.45, 2.75) is 32.6 Å². The van der Waals surface area contributed by atoms with Crippen molar-refractivity contribution in [1.29, 1.82) is 0 Å². The molecule has 108 valence electrons. The summed E-state index contributed by atoms with van der Waals surface area (Å²) in [7, 11) is 1.81. The summed E-state index contributed by atoms with van der Waals surface area (Å²) in [6, 6.07) is 4.36. The summed E-state index contributed by atoms with van der Waals surface area (Å²) in [6.07, 6.45) is 4.20. The molecule has 1 aromatic carbocycles. The Bertz CT molecular complexity index is 607. The zero-order valence-electron chi connectivity index (χ0n) is 11.8. The van der Waals surface area contributed by atoms with Crippen molar-refractivity contribution in [3.8, 4) is 11.1 Å². The number of nitrogen functional groups attached to an aromatic ring is 1. The first-order valence-corrected chi connectivity index (χ1v) is 7.19. The zero-order chi connectivity index (χ0) is 14.7. The molecule has 0 radical (unpaired) electrons. The Labute approximate surface area is 123 Å². The van der Waals surface area contributed by atoms with E-state index in [0.29, 0.717) is 10.8 Å². The maximum Gasteiger partial charge on any atom is 0.129 e. The van der Waals surface area contributed by atoms with Gasteiger partial charge in [0.2, 0.25) is 0 Å². The number of aromatic nitrogens is 2. The van der Waals surface area contributed by atoms with Crippen LogP contribution in [0.15, 0.2) is 18.2 Å². The molecule has 0 bridgehead atoms. The van der Waals surface area contributed by atoms with E-state index in [2.05, 4.69) is 12.0 Å². The Morgan fingerprint density at radius 3 is 2.75 bits per heavy atom. The van der Waals surface area contributed by atoms with Crippen molar-refractivity contribution in [2.24, 2.45) is 7.05 Å². The molecule has 0 amide bonds. The summed E-state index contributed by atoms with van der Waals surface area (Å²) >= 11 is 6.15. The van der Waals surface area contributed by atoms with Gasteiger partial charge in [0.1, 0.15) is 11.6 Å². The fourth-order valence-corrected chi connectivity index (χ4v) is 2.56. The quantitative estimate of drug-likeness (QED) is 0.840. The number of halogens is 2. The van der Waals surface area contributed by atoms with Crippen molar-refractivity contribution in [3.05, 3.63) is 34.7 Å². The highest BCUT2D eigenvalue weighted by Crippen LogP contribution is 2.35. The van der Waals surface area contributed by atoms with E-state index in [1.165, 1.54) is 12.1 Å². The number of anilines is 1. The summed E-state index contributed by atoms with van der Waals surface area (Å²) in [5, 5.41) is 4.82. The lowest BCUT2D eigenvalue weighted by molar-refractivity contribution is 0.628. The molecule has 0 fully saturated rings. The fraction of sp³-hybridized carbons (Fsp3) is 0.400. The molecule has 20 heavy (non-hydrogen) atoms. The van der Waals surface area contributed by atoms with Crippen LogP contribution in [0.25, 0.3) is 11.1 Å². The van der Waals surface area contributed by atoms with Crippen LogP contribution in [0.4, 0.5) is 10.2 Å². The van der Waals surface area contributed by atoms with Crippen LogP contribution >= 0.6 is 11.6 Å². The minimum absolute atomic E-state index is 0.353. The second-order valence-corrected chi connectivity index (χ2v) is 5.32. The lowest BCUT2D eigenvalue weighted by atomic mass is 10.0. The van der Waals surface area contributed by atoms with Crippen molar-refractivity contribution in [1.82, 2.24) is 9.78 Å². The normalized spacial score (nSPS) is 11.0. The maximum atomic E-state index is 13.2. The van der Waals surface area contributed by atoms with Crippen molar-refractivity contribution in [2.75, 3.05) is 5.73 Å². The Hall–Kier alpha value is -1.55. The van der Waals surface area contributed by atoms with Gasteiger partial charge in [-0.3, -0.25) is 4.68 Å². The summed E-state index contributed by atoms with van der Waals surface area (Å²) in [5.41, 5.74) is 8.59. The van der Waals surface area contributed by atoms with Gasteiger partial charge in [-0.15, -0.1) is 0 Å². The smallest absolute Gasteiger partial charge is 0.129 e. The number of nitrogens with two attached hydrogens (primary N) is 1. The number of hydrogen-bond acceptors (Lipinski definition) is 2. The van der Waals surface area contributed by atoms with E-state index in [9.17, 15) is 4.39 Å². The van der Waals surface area contributed by atoms with Crippen LogP contribution in [0.5, 0.6) is 0 Å². The highest BCUT2D eigenvalue weighted by atomic mass is 35.5. The minimum Gasteiger partial charge on any atom is -0.383 e. The maximum absolute atomic E-state index is 13.2. The van der Waals surface area contributed by atoms with Crippen LogP contribution in [0.1, 0.15) is 31.9 Å². The molecule has 0 unspecified atom stereocenters. The van der Waals surface area contributed by atoms with Gasteiger partial charge in [-0.1, -0.05) is 31.4 Å². The predicted molar refractivity (Wildman–Crippen MR) is 81.3 cm³/mol. The molecule has 0 spiro atoms. The number of rotatable bonds is 5. The highest BCUT2D eigenvalue weighted by molar-refractivity contribution is 6.33. The third kappa shape index (κ3) is 2.96. The molecule has 0 saturated carbocycles. The fourth-order valence-electron chi connectivity index (χ4n) is 2.30. The standard InChI is InChI=1S/C15H19ClFN3/c1-3-4-5-6-13-14(15(18)20(2)19-13)11-8-7-10(17)9-12(11)16/h7-9H,3-6,18H2,1-2H3. The number of hydrogen-bond donors (Lipinski definition) is 1. The summed E-state index contributed by atoms with van der Waals surface area (Å²) in [4.78, 5) is 0. The minimum atomic E-state index is -0.353. The van der Waals surface area contributed by atoms with E-state index < -0.39 is 0 Å². The Morgan fingerprint density at radius 1 is 1.35 bits per heavy atom. The van der Waals surface area contributed by atoms with Gasteiger partial charge in [0.25, 0.3) is 0 Å². The molecule has 0 aliphatic carbocycles. The van der Waals surface area contributed by atoms with Gasteiger partial charge < -0.3 is 5.73 Å². The molecule has 1 heterocycles. The number of benzene rings is 1. The Morgan fingerprint density at radius 2 is 2.10 bits per heavy atom. The summed E-state index contributed by atoms with van der Waals surface area (Å²) in [5.74, 6) is 0.207. The van der Waals surface area contributed by atoms with Gasteiger partial charge in [-0.05, 0) is 31.0 Å². The average Bonchev–Trinajstić information content (AvgIpc) is 2.67. The molecule has 0 aliphatic heterocycles. The molecular weight excluding hydrogens is 277 g/mol. The predicted octanol–water partition coefficient (Wildman–Crippen LogP) is 4.19. The Balaban J connectivity index is 2.43. The first-order valence-electron chi connectivity index (χ1n) is 6.81. The van der Waals surface area contributed by atoms with E-state index in [-0.39, 0.29) is 5.82 Å². The Kier molecular flexibility index (Phi) is 4.65. The van der Waals surface area contributed by atoms with Crippen molar-refractivity contribution in [3.63, 3.8) is 0 Å². The molecular formula is C15H19ClFN3. The van der Waals surface area contributed by atoms with E-state index in [0.717, 1.165) is 42.5 Å². The van der Waals surface area contributed by atoms with E-state index in [1.807, 2.05) is 0 Å². The zero-order valence-corrected chi connectivity index (χ0v) is 12.5. The number of aryl methyl sites for hydroxylation is 2. The first kappa shape index (κ1) is 14.9. The van der Waals surface area contributed by atoms with Gasteiger partial charge in [0, 0.05) is 18.2 Å². The number of unbranched alkanes of at least 4 members (excludes halogenated alkanes) is 2. The SMILES string of the molecule is CCCCCc1nn(C)c(N)c1-c1ccc(F)cc1Cl. The van der Waals surface area contributed by atoms with Crippen molar-refractivity contribution >= 4 is 17.4 Å². The molecule has 2 rings (SSSR count). The molecule has 0 atom stereocenters. The molecule has 5 heteroatoms. The molecule has 3 nitrogen and oxygen atoms in total. The van der Waals surface area contributed by atoms with Crippen LogP contribution in [0.3, 0.4) is 0 Å². The van der Waals surface area contributed by atoms with E-state index >= 15 is 0 Å². The van der Waals surface area contributed by atoms with Gasteiger partial charge in [-0.2, -0.15) is 5.10 Å². The van der Waals surface area contributed by atoms with Crippen LogP contribution in [0, 0.1) is 5.82 Å². The van der Waals surface area contributed by atoms with Gasteiger partial charge in [0.15, 0.2) is 0 Å². The second-order valence-electron chi connectivity index (χ2n) is 4.91. The third-order valence-electron chi connectivity index (χ3n) is 3.38. The van der Waals surface area contributed by atoms with Gasteiger partial charge in [0.05, 0.1) is 10.7 Å². The number of nitrogens with zero attached hydrogens (tertiary/aromatic N) is 2. The largest absolute Gasteiger partial charge is 0.383 e. The molecule has 0 saturated heterocycles. The van der Waals surface area contributed by atoms with Crippen LogP contribution in [-0.2, 0) is 13.5 Å². The van der Waals surface area contributed by atoms with Gasteiger partial charge >= 0.3 is 0 Å². The van der Waals surface area contributed by atoms with E-state index in [1.54, 1.807) is 17.8 Å².